The number of nitrogens with one attached hydrogen (secondary N) is 2. The molecule has 2 N–H and O–H groups in total. The van der Waals surface area contributed by atoms with E-state index < -0.39 is 9.84 Å². The lowest BCUT2D eigenvalue weighted by Gasteiger charge is -2.55. The van der Waals surface area contributed by atoms with E-state index in [1.807, 2.05) is 0 Å². The van der Waals surface area contributed by atoms with Crippen LogP contribution in [0.4, 0.5) is 0 Å². The molecule has 0 spiro atoms. The molecule has 26 heavy (non-hydrogen) atoms. The first kappa shape index (κ1) is 23.9. The Labute approximate surface area is 176 Å². The molecule has 6 nitrogen and oxygen atoms in total. The zero-order valence-corrected chi connectivity index (χ0v) is 20.1. The lowest BCUT2D eigenvalue weighted by Crippen LogP contribution is -2.68. The van der Waals surface area contributed by atoms with Gasteiger partial charge in [0.25, 0.3) is 0 Å². The fraction of sp³-hybridized carbons (Fsp3) is 0.944. The lowest BCUT2D eigenvalue weighted by molar-refractivity contribution is -0.106. The van der Waals surface area contributed by atoms with Crippen LogP contribution in [0.1, 0.15) is 47.5 Å². The number of guanidine groups is 1. The van der Waals surface area contributed by atoms with Crippen molar-refractivity contribution in [2.75, 3.05) is 31.7 Å². The Hall–Kier alpha value is -0.0900. The summed E-state index contributed by atoms with van der Waals surface area (Å²) in [6, 6.07) is 0.358. The molecule has 3 atom stereocenters. The summed E-state index contributed by atoms with van der Waals surface area (Å²) in [5, 5.41) is 6.93. The minimum absolute atomic E-state index is 0. The number of ether oxygens (including phenoxy) is 1. The van der Waals surface area contributed by atoms with E-state index in [1.54, 1.807) is 0 Å². The van der Waals surface area contributed by atoms with Gasteiger partial charge in [0.2, 0.25) is 0 Å². The standard InChI is InChI=1S/C18H35N3O3S.HI/c1-7-19-16(20-12-17(2,3)9-11-25(6,22)23)21-14-13-8-10-24-15(13)18(14,4)5;/h13-15H,7-12H2,1-6H3,(H2,19,20,21);1H. The lowest BCUT2D eigenvalue weighted by atomic mass is 9.57. The molecule has 1 heterocycles. The molecule has 2 fully saturated rings. The number of nitrogens with zero attached hydrogens (tertiary/aromatic N) is 1. The van der Waals surface area contributed by atoms with E-state index >= 15 is 0 Å². The number of aliphatic imine (C=N–C) groups is 1. The van der Waals surface area contributed by atoms with Crippen LogP contribution in [0.15, 0.2) is 4.99 Å². The molecule has 0 amide bonds. The third-order valence-corrected chi connectivity index (χ3v) is 6.50. The van der Waals surface area contributed by atoms with Gasteiger partial charge < -0.3 is 15.4 Å². The van der Waals surface area contributed by atoms with Gasteiger partial charge in [-0.1, -0.05) is 27.7 Å². The van der Waals surface area contributed by atoms with Crippen LogP contribution in [0.3, 0.4) is 0 Å². The summed E-state index contributed by atoms with van der Waals surface area (Å²) in [4.78, 5) is 4.75. The maximum atomic E-state index is 11.4. The van der Waals surface area contributed by atoms with E-state index in [-0.39, 0.29) is 40.6 Å². The van der Waals surface area contributed by atoms with Crippen LogP contribution < -0.4 is 10.6 Å². The van der Waals surface area contributed by atoms with Crippen molar-refractivity contribution in [3.63, 3.8) is 0 Å². The second kappa shape index (κ2) is 8.94. The summed E-state index contributed by atoms with van der Waals surface area (Å²) in [6.07, 6.45) is 3.35. The fourth-order valence-electron chi connectivity index (χ4n) is 3.92. The predicted octanol–water partition coefficient (Wildman–Crippen LogP) is 2.43. The van der Waals surface area contributed by atoms with Crippen molar-refractivity contribution in [2.24, 2.45) is 21.7 Å². The number of sulfone groups is 1. The van der Waals surface area contributed by atoms with E-state index in [9.17, 15) is 8.42 Å². The topological polar surface area (TPSA) is 79.8 Å². The van der Waals surface area contributed by atoms with Crippen LogP contribution in [0, 0.1) is 16.7 Å². The average molecular weight is 501 g/mol. The van der Waals surface area contributed by atoms with E-state index in [4.69, 9.17) is 9.73 Å². The summed E-state index contributed by atoms with van der Waals surface area (Å²) in [6.45, 7) is 12.9. The van der Waals surface area contributed by atoms with E-state index in [1.165, 1.54) is 6.26 Å². The van der Waals surface area contributed by atoms with E-state index in [0.29, 0.717) is 31.0 Å². The summed E-state index contributed by atoms with van der Waals surface area (Å²) >= 11 is 0. The smallest absolute Gasteiger partial charge is 0.191 e. The highest BCUT2D eigenvalue weighted by Crippen LogP contribution is 2.52. The van der Waals surface area contributed by atoms with Gasteiger partial charge in [0.1, 0.15) is 9.84 Å². The number of rotatable bonds is 7. The van der Waals surface area contributed by atoms with Crippen molar-refractivity contribution in [3.8, 4) is 0 Å². The van der Waals surface area contributed by atoms with Gasteiger partial charge in [0.15, 0.2) is 5.96 Å². The summed E-state index contributed by atoms with van der Waals surface area (Å²) in [7, 11) is -2.94. The highest BCUT2D eigenvalue weighted by Gasteiger charge is 2.59. The zero-order valence-electron chi connectivity index (χ0n) is 17.0. The number of hydrogen-bond donors (Lipinski definition) is 2. The molecule has 0 aromatic heterocycles. The Morgan fingerprint density at radius 1 is 1.35 bits per heavy atom. The monoisotopic (exact) mass is 501 g/mol. The second-order valence-corrected chi connectivity index (χ2v) is 11.2. The minimum atomic E-state index is -2.94. The van der Waals surface area contributed by atoms with E-state index in [2.05, 4.69) is 45.3 Å². The molecule has 2 aliphatic rings. The van der Waals surface area contributed by atoms with Crippen LogP contribution >= 0.6 is 24.0 Å². The first-order chi connectivity index (χ1) is 11.5. The number of hydrogen-bond acceptors (Lipinski definition) is 4. The number of halogens is 1. The Bertz CT molecular complexity index is 605. The molecular formula is C18H36IN3O3S. The SMILES string of the molecule is CCNC(=NCC(C)(C)CCS(C)(=O)=O)NC1C2CCOC2C1(C)C.I. The highest BCUT2D eigenvalue weighted by atomic mass is 127. The van der Waals surface area contributed by atoms with Crippen molar-refractivity contribution in [3.05, 3.63) is 0 Å². The van der Waals surface area contributed by atoms with Gasteiger partial charge >= 0.3 is 0 Å². The van der Waals surface area contributed by atoms with Gasteiger partial charge in [-0.3, -0.25) is 4.99 Å². The van der Waals surface area contributed by atoms with Gasteiger partial charge in [0, 0.05) is 43.3 Å². The Kier molecular flexibility index (Phi) is 8.24. The van der Waals surface area contributed by atoms with Gasteiger partial charge in [-0.2, -0.15) is 0 Å². The summed E-state index contributed by atoms with van der Waals surface area (Å²) in [5.41, 5.74) is -0.0528. The second-order valence-electron chi connectivity index (χ2n) is 8.93. The third-order valence-electron chi connectivity index (χ3n) is 5.55. The van der Waals surface area contributed by atoms with Gasteiger partial charge in [-0.25, -0.2) is 8.42 Å². The van der Waals surface area contributed by atoms with Crippen molar-refractivity contribution in [2.45, 2.75) is 59.6 Å². The van der Waals surface area contributed by atoms with Crippen LogP contribution in [0.2, 0.25) is 0 Å². The van der Waals surface area contributed by atoms with Gasteiger partial charge in [-0.05, 0) is 25.2 Å². The molecule has 154 valence electrons. The van der Waals surface area contributed by atoms with Gasteiger partial charge in [0.05, 0.1) is 11.9 Å². The molecule has 0 bridgehead atoms. The van der Waals surface area contributed by atoms with Crippen LogP contribution in [0.5, 0.6) is 0 Å². The maximum Gasteiger partial charge on any atom is 0.191 e. The van der Waals surface area contributed by atoms with Crippen molar-refractivity contribution in [1.82, 2.24) is 10.6 Å². The normalized spacial score (nSPS) is 27.9. The fourth-order valence-corrected chi connectivity index (χ4v) is 4.84. The molecule has 1 saturated heterocycles. The molecule has 3 unspecified atom stereocenters. The summed E-state index contributed by atoms with van der Waals surface area (Å²) < 4.78 is 28.7. The predicted molar refractivity (Wildman–Crippen MR) is 118 cm³/mol. The molecule has 1 aliphatic heterocycles. The third kappa shape index (κ3) is 5.95. The minimum Gasteiger partial charge on any atom is -0.377 e. The largest absolute Gasteiger partial charge is 0.377 e. The quantitative estimate of drug-likeness (QED) is 0.318. The van der Waals surface area contributed by atoms with Crippen molar-refractivity contribution >= 4 is 39.8 Å². The first-order valence-electron chi connectivity index (χ1n) is 9.30. The Morgan fingerprint density at radius 2 is 2.00 bits per heavy atom. The molecule has 1 aliphatic carbocycles. The molecule has 8 heteroatoms. The molecule has 0 radical (unpaired) electrons. The number of fused-ring (bicyclic) bond motifs is 1. The summed E-state index contributed by atoms with van der Waals surface area (Å²) in [5.74, 6) is 1.58. The van der Waals surface area contributed by atoms with Gasteiger partial charge in [-0.15, -0.1) is 24.0 Å². The van der Waals surface area contributed by atoms with Crippen molar-refractivity contribution in [1.29, 1.82) is 0 Å². The molecule has 0 aromatic carbocycles. The molecule has 2 rings (SSSR count). The molecule has 1 saturated carbocycles. The molecular weight excluding hydrogens is 465 g/mol. The maximum absolute atomic E-state index is 11.4. The van der Waals surface area contributed by atoms with Crippen LogP contribution in [0.25, 0.3) is 0 Å². The van der Waals surface area contributed by atoms with Crippen LogP contribution in [-0.4, -0.2) is 58.2 Å². The Morgan fingerprint density at radius 3 is 2.58 bits per heavy atom. The van der Waals surface area contributed by atoms with Crippen molar-refractivity contribution < 1.29 is 13.2 Å². The Balaban J connectivity index is 0.00000338. The molecule has 0 aromatic rings. The zero-order chi connectivity index (χ0) is 18.9. The van der Waals surface area contributed by atoms with Crippen LogP contribution in [-0.2, 0) is 14.6 Å². The average Bonchev–Trinajstić information content (AvgIpc) is 2.94. The highest BCUT2D eigenvalue weighted by molar-refractivity contribution is 14.0. The van der Waals surface area contributed by atoms with E-state index in [0.717, 1.165) is 25.5 Å². The first-order valence-corrected chi connectivity index (χ1v) is 11.4.